The van der Waals surface area contributed by atoms with Gasteiger partial charge in [0.25, 0.3) is 0 Å². The van der Waals surface area contributed by atoms with Gasteiger partial charge < -0.3 is 14.6 Å². The first-order valence-corrected chi connectivity index (χ1v) is 8.21. The number of aliphatic hydroxyl groups excluding tert-OH is 1. The molecular formula is C16H17BrO3S. The van der Waals surface area contributed by atoms with Crippen LogP contribution in [0, 0.1) is 0 Å². The van der Waals surface area contributed by atoms with E-state index in [9.17, 15) is 5.11 Å². The molecule has 0 saturated heterocycles. The molecule has 1 N–H and O–H groups in total. The van der Waals surface area contributed by atoms with Crippen LogP contribution in [0.5, 0.6) is 11.5 Å². The first-order chi connectivity index (χ1) is 10.2. The van der Waals surface area contributed by atoms with Crippen LogP contribution >= 0.6 is 27.7 Å². The van der Waals surface area contributed by atoms with Gasteiger partial charge in [0, 0.05) is 26.8 Å². The zero-order chi connectivity index (χ0) is 15.2. The standard InChI is InChI=1S/C16H17BrO3S/c1-19-11-7-8-12(15(9-11)20-2)14(18)10-21-16-6-4-3-5-13(16)17/h3-9,14,18H,10H2,1-2H3. The lowest BCUT2D eigenvalue weighted by atomic mass is 10.1. The van der Waals surface area contributed by atoms with Crippen molar-refractivity contribution in [2.75, 3.05) is 20.0 Å². The zero-order valence-electron chi connectivity index (χ0n) is 11.9. The van der Waals surface area contributed by atoms with Crippen LogP contribution in [0.4, 0.5) is 0 Å². The van der Waals surface area contributed by atoms with Crippen LogP contribution in [-0.2, 0) is 0 Å². The molecule has 2 aromatic carbocycles. The van der Waals surface area contributed by atoms with E-state index in [0.717, 1.165) is 14.9 Å². The van der Waals surface area contributed by atoms with Gasteiger partial charge in [-0.25, -0.2) is 0 Å². The molecule has 0 fully saturated rings. The molecule has 0 aliphatic heterocycles. The Bertz CT molecular complexity index is 604. The Morgan fingerprint density at radius 2 is 1.90 bits per heavy atom. The van der Waals surface area contributed by atoms with Crippen LogP contribution in [0.25, 0.3) is 0 Å². The molecule has 0 amide bonds. The molecule has 1 atom stereocenters. The average Bonchev–Trinajstić information content (AvgIpc) is 2.53. The summed E-state index contributed by atoms with van der Waals surface area (Å²) in [7, 11) is 3.19. The van der Waals surface area contributed by atoms with E-state index in [1.54, 1.807) is 32.0 Å². The summed E-state index contributed by atoms with van der Waals surface area (Å²) in [6.45, 7) is 0. The minimum Gasteiger partial charge on any atom is -0.497 e. The molecule has 0 aromatic heterocycles. The van der Waals surface area contributed by atoms with Gasteiger partial charge in [-0.05, 0) is 40.2 Å². The predicted octanol–water partition coefficient (Wildman–Crippen LogP) is 4.29. The number of halogens is 1. The summed E-state index contributed by atoms with van der Waals surface area (Å²) in [5.41, 5.74) is 0.762. The average molecular weight is 369 g/mol. The van der Waals surface area contributed by atoms with E-state index in [4.69, 9.17) is 9.47 Å². The Hall–Kier alpha value is -1.17. The number of thioether (sulfide) groups is 1. The Labute approximate surface area is 137 Å². The molecule has 0 aliphatic rings. The number of rotatable bonds is 6. The van der Waals surface area contributed by atoms with Gasteiger partial charge in [-0.2, -0.15) is 0 Å². The van der Waals surface area contributed by atoms with Gasteiger partial charge >= 0.3 is 0 Å². The molecule has 0 spiro atoms. The van der Waals surface area contributed by atoms with E-state index in [1.165, 1.54) is 0 Å². The van der Waals surface area contributed by atoms with Gasteiger partial charge in [-0.15, -0.1) is 11.8 Å². The van der Waals surface area contributed by atoms with E-state index in [2.05, 4.69) is 15.9 Å². The van der Waals surface area contributed by atoms with E-state index >= 15 is 0 Å². The van der Waals surface area contributed by atoms with Gasteiger partial charge in [-0.3, -0.25) is 0 Å². The summed E-state index contributed by atoms with van der Waals surface area (Å²) in [5.74, 6) is 1.89. The van der Waals surface area contributed by atoms with Crippen molar-refractivity contribution in [2.45, 2.75) is 11.0 Å². The van der Waals surface area contributed by atoms with Crippen LogP contribution in [0.1, 0.15) is 11.7 Å². The highest BCUT2D eigenvalue weighted by molar-refractivity contribution is 9.10. The highest BCUT2D eigenvalue weighted by Crippen LogP contribution is 2.34. The SMILES string of the molecule is COc1ccc(C(O)CSc2ccccc2Br)c(OC)c1. The van der Waals surface area contributed by atoms with Gasteiger partial charge in [0.2, 0.25) is 0 Å². The van der Waals surface area contributed by atoms with Crippen molar-refractivity contribution in [3.63, 3.8) is 0 Å². The van der Waals surface area contributed by atoms with E-state index in [1.807, 2.05) is 36.4 Å². The minimum absolute atomic E-state index is 0.547. The fourth-order valence-electron chi connectivity index (χ4n) is 1.91. The van der Waals surface area contributed by atoms with E-state index in [-0.39, 0.29) is 0 Å². The summed E-state index contributed by atoms with van der Waals surface area (Å²) in [6, 6.07) is 13.4. The molecule has 0 saturated carbocycles. The van der Waals surface area contributed by atoms with E-state index < -0.39 is 6.10 Å². The molecule has 0 bridgehead atoms. The number of hydrogen-bond acceptors (Lipinski definition) is 4. The summed E-state index contributed by atoms with van der Waals surface area (Å²) in [4.78, 5) is 1.10. The molecule has 0 aliphatic carbocycles. The van der Waals surface area contributed by atoms with Crippen molar-refractivity contribution in [1.82, 2.24) is 0 Å². The molecule has 21 heavy (non-hydrogen) atoms. The fraction of sp³-hybridized carbons (Fsp3) is 0.250. The molecule has 0 heterocycles. The first-order valence-electron chi connectivity index (χ1n) is 6.43. The predicted molar refractivity (Wildman–Crippen MR) is 89.4 cm³/mol. The van der Waals surface area contributed by atoms with Crippen molar-refractivity contribution >= 4 is 27.7 Å². The number of hydrogen-bond donors (Lipinski definition) is 1. The maximum atomic E-state index is 10.4. The van der Waals surface area contributed by atoms with Crippen LogP contribution < -0.4 is 9.47 Å². The summed E-state index contributed by atoms with van der Waals surface area (Å²) >= 11 is 5.10. The summed E-state index contributed by atoms with van der Waals surface area (Å²) in [5, 5.41) is 10.4. The highest BCUT2D eigenvalue weighted by Gasteiger charge is 2.15. The smallest absolute Gasteiger partial charge is 0.128 e. The molecule has 2 aromatic rings. The zero-order valence-corrected chi connectivity index (χ0v) is 14.3. The monoisotopic (exact) mass is 368 g/mol. The van der Waals surface area contributed by atoms with Crippen LogP contribution in [0.2, 0.25) is 0 Å². The van der Waals surface area contributed by atoms with Gasteiger partial charge in [0.1, 0.15) is 11.5 Å². The molecule has 112 valence electrons. The van der Waals surface area contributed by atoms with Gasteiger partial charge in [0.15, 0.2) is 0 Å². The second-order valence-electron chi connectivity index (χ2n) is 4.37. The van der Waals surface area contributed by atoms with Gasteiger partial charge in [-0.1, -0.05) is 12.1 Å². The van der Waals surface area contributed by atoms with E-state index in [0.29, 0.717) is 17.3 Å². The number of benzene rings is 2. The third-order valence-electron chi connectivity index (χ3n) is 3.03. The maximum Gasteiger partial charge on any atom is 0.128 e. The minimum atomic E-state index is -0.608. The second-order valence-corrected chi connectivity index (χ2v) is 6.28. The normalized spacial score (nSPS) is 12.0. The summed E-state index contributed by atoms with van der Waals surface area (Å²) in [6.07, 6.45) is -0.608. The van der Waals surface area contributed by atoms with Crippen LogP contribution in [-0.4, -0.2) is 25.1 Å². The van der Waals surface area contributed by atoms with Crippen molar-refractivity contribution in [3.05, 3.63) is 52.5 Å². The lowest BCUT2D eigenvalue weighted by Gasteiger charge is -2.16. The number of ether oxygens (including phenoxy) is 2. The molecule has 2 rings (SSSR count). The Morgan fingerprint density at radius 1 is 1.14 bits per heavy atom. The third-order valence-corrected chi connectivity index (χ3v) is 5.14. The molecule has 1 unspecified atom stereocenters. The molecular weight excluding hydrogens is 352 g/mol. The lowest BCUT2D eigenvalue weighted by Crippen LogP contribution is -2.03. The topological polar surface area (TPSA) is 38.7 Å². The lowest BCUT2D eigenvalue weighted by molar-refractivity contribution is 0.199. The quantitative estimate of drug-likeness (QED) is 0.771. The van der Waals surface area contributed by atoms with Crippen LogP contribution in [0.15, 0.2) is 51.8 Å². The van der Waals surface area contributed by atoms with Crippen molar-refractivity contribution in [2.24, 2.45) is 0 Å². The number of aliphatic hydroxyl groups is 1. The Balaban J connectivity index is 2.10. The van der Waals surface area contributed by atoms with Gasteiger partial charge in [0.05, 0.1) is 20.3 Å². The second kappa shape index (κ2) is 7.73. The Morgan fingerprint density at radius 3 is 2.57 bits per heavy atom. The fourth-order valence-corrected chi connectivity index (χ4v) is 3.44. The number of methoxy groups -OCH3 is 2. The first kappa shape index (κ1) is 16.2. The molecule has 3 nitrogen and oxygen atoms in total. The maximum absolute atomic E-state index is 10.4. The summed E-state index contributed by atoms with van der Waals surface area (Å²) < 4.78 is 11.5. The van der Waals surface area contributed by atoms with Crippen molar-refractivity contribution in [1.29, 1.82) is 0 Å². The van der Waals surface area contributed by atoms with Crippen molar-refractivity contribution in [3.8, 4) is 11.5 Å². The van der Waals surface area contributed by atoms with Crippen LogP contribution in [0.3, 0.4) is 0 Å². The molecule has 0 radical (unpaired) electrons. The largest absolute Gasteiger partial charge is 0.497 e. The third kappa shape index (κ3) is 4.15. The molecule has 5 heteroatoms. The van der Waals surface area contributed by atoms with Crippen molar-refractivity contribution < 1.29 is 14.6 Å². The highest BCUT2D eigenvalue weighted by atomic mass is 79.9. The Kier molecular flexibility index (Phi) is 5.96.